The molecule has 1 saturated heterocycles. The molecule has 0 aromatic carbocycles. The second kappa shape index (κ2) is 5.10. The van der Waals surface area contributed by atoms with Crippen LogP contribution in [0.3, 0.4) is 0 Å². The summed E-state index contributed by atoms with van der Waals surface area (Å²) in [6.07, 6.45) is 4.20. The predicted molar refractivity (Wildman–Crippen MR) is 75.6 cm³/mol. The smallest absolute Gasteiger partial charge is 0.0824 e. The molecule has 2 fully saturated rings. The first-order valence-corrected chi connectivity index (χ1v) is 7.37. The Balaban J connectivity index is 2.03. The average molecular weight is 254 g/mol. The van der Waals surface area contributed by atoms with Crippen molar-refractivity contribution in [2.75, 3.05) is 26.2 Å². The Morgan fingerprint density at radius 3 is 2.33 bits per heavy atom. The zero-order chi connectivity index (χ0) is 13.4. The lowest BCUT2D eigenvalue weighted by Gasteiger charge is -2.50. The van der Waals surface area contributed by atoms with Gasteiger partial charge in [-0.15, -0.1) is 0 Å². The minimum Gasteiger partial charge on any atom is -0.374 e. The maximum Gasteiger partial charge on any atom is 0.0824 e. The zero-order valence-electron chi connectivity index (χ0n) is 12.5. The number of hydrogen-bond acceptors (Lipinski definition) is 3. The van der Waals surface area contributed by atoms with Crippen LogP contribution in [-0.2, 0) is 4.74 Å². The molecule has 1 aliphatic carbocycles. The van der Waals surface area contributed by atoms with Crippen molar-refractivity contribution < 1.29 is 4.74 Å². The van der Waals surface area contributed by atoms with Gasteiger partial charge in [-0.05, 0) is 30.1 Å². The molecule has 0 spiro atoms. The Kier molecular flexibility index (Phi) is 4.05. The fraction of sp³-hybridized carbons (Fsp3) is 1.00. The SMILES string of the molecule is CC1(C)CC(N2CCOC(CN)C2)CC(C)(C)C1. The van der Waals surface area contributed by atoms with Gasteiger partial charge in [0.05, 0.1) is 12.7 Å². The molecule has 3 nitrogen and oxygen atoms in total. The van der Waals surface area contributed by atoms with Crippen LogP contribution in [0.15, 0.2) is 0 Å². The first kappa shape index (κ1) is 14.3. The van der Waals surface area contributed by atoms with Gasteiger partial charge in [0.25, 0.3) is 0 Å². The fourth-order valence-corrected chi connectivity index (χ4v) is 4.26. The van der Waals surface area contributed by atoms with Gasteiger partial charge < -0.3 is 10.5 Å². The maximum atomic E-state index is 5.75. The van der Waals surface area contributed by atoms with E-state index in [0.717, 1.165) is 19.7 Å². The first-order valence-electron chi connectivity index (χ1n) is 7.37. The third kappa shape index (κ3) is 3.46. The zero-order valence-corrected chi connectivity index (χ0v) is 12.5. The van der Waals surface area contributed by atoms with Gasteiger partial charge in [-0.2, -0.15) is 0 Å². The van der Waals surface area contributed by atoms with Crippen LogP contribution in [-0.4, -0.2) is 43.3 Å². The molecule has 0 bridgehead atoms. The second-order valence-corrected chi connectivity index (χ2v) is 7.79. The molecule has 0 radical (unpaired) electrons. The summed E-state index contributed by atoms with van der Waals surface area (Å²) in [5.41, 5.74) is 6.67. The highest BCUT2D eigenvalue weighted by Crippen LogP contribution is 2.47. The van der Waals surface area contributed by atoms with Crippen molar-refractivity contribution in [3.63, 3.8) is 0 Å². The lowest BCUT2D eigenvalue weighted by Crippen LogP contribution is -2.53. The van der Waals surface area contributed by atoms with E-state index in [9.17, 15) is 0 Å². The summed E-state index contributed by atoms with van der Waals surface area (Å²) >= 11 is 0. The van der Waals surface area contributed by atoms with E-state index in [4.69, 9.17) is 10.5 Å². The number of rotatable bonds is 2. The van der Waals surface area contributed by atoms with E-state index < -0.39 is 0 Å². The van der Waals surface area contributed by atoms with E-state index in [0.29, 0.717) is 23.4 Å². The van der Waals surface area contributed by atoms with E-state index in [1.54, 1.807) is 0 Å². The van der Waals surface area contributed by atoms with Crippen LogP contribution in [0.1, 0.15) is 47.0 Å². The summed E-state index contributed by atoms with van der Waals surface area (Å²) in [5.74, 6) is 0. The molecule has 1 unspecified atom stereocenters. The molecule has 0 amide bonds. The Bertz CT molecular complexity index is 272. The molecule has 1 aliphatic heterocycles. The number of ether oxygens (including phenoxy) is 1. The summed E-state index contributed by atoms with van der Waals surface area (Å²) in [5, 5.41) is 0. The van der Waals surface area contributed by atoms with Crippen LogP contribution in [0.4, 0.5) is 0 Å². The molecular weight excluding hydrogens is 224 g/mol. The minimum absolute atomic E-state index is 0.243. The maximum absolute atomic E-state index is 5.75. The van der Waals surface area contributed by atoms with Gasteiger partial charge in [0.15, 0.2) is 0 Å². The molecule has 0 aromatic heterocycles. The van der Waals surface area contributed by atoms with Crippen molar-refractivity contribution in [2.24, 2.45) is 16.6 Å². The quantitative estimate of drug-likeness (QED) is 0.821. The summed E-state index contributed by atoms with van der Waals surface area (Å²) in [4.78, 5) is 2.63. The highest BCUT2D eigenvalue weighted by atomic mass is 16.5. The lowest BCUT2D eigenvalue weighted by atomic mass is 9.63. The molecule has 1 atom stereocenters. The van der Waals surface area contributed by atoms with Crippen LogP contribution < -0.4 is 5.73 Å². The Hall–Kier alpha value is -0.120. The van der Waals surface area contributed by atoms with Gasteiger partial charge >= 0.3 is 0 Å². The second-order valence-electron chi connectivity index (χ2n) is 7.79. The molecule has 0 aromatic rings. The summed E-state index contributed by atoms with van der Waals surface area (Å²) < 4.78 is 5.69. The van der Waals surface area contributed by atoms with E-state index in [1.807, 2.05) is 0 Å². The van der Waals surface area contributed by atoms with Gasteiger partial charge in [-0.25, -0.2) is 0 Å². The van der Waals surface area contributed by atoms with Gasteiger partial charge in [0.2, 0.25) is 0 Å². The Morgan fingerprint density at radius 1 is 1.17 bits per heavy atom. The van der Waals surface area contributed by atoms with Crippen LogP contribution in [0, 0.1) is 10.8 Å². The average Bonchev–Trinajstić information content (AvgIpc) is 2.25. The highest BCUT2D eigenvalue weighted by molar-refractivity contribution is 4.94. The van der Waals surface area contributed by atoms with Crippen LogP contribution >= 0.6 is 0 Å². The third-order valence-corrected chi connectivity index (χ3v) is 4.48. The van der Waals surface area contributed by atoms with Gasteiger partial charge in [-0.3, -0.25) is 4.90 Å². The Labute approximate surface area is 112 Å². The van der Waals surface area contributed by atoms with Crippen molar-refractivity contribution in [3.05, 3.63) is 0 Å². The third-order valence-electron chi connectivity index (χ3n) is 4.48. The van der Waals surface area contributed by atoms with Crippen molar-refractivity contribution in [1.29, 1.82) is 0 Å². The number of morpholine rings is 1. The lowest BCUT2D eigenvalue weighted by molar-refractivity contribution is -0.0654. The largest absolute Gasteiger partial charge is 0.374 e. The van der Waals surface area contributed by atoms with Crippen molar-refractivity contribution in [3.8, 4) is 0 Å². The highest BCUT2D eigenvalue weighted by Gasteiger charge is 2.41. The molecule has 18 heavy (non-hydrogen) atoms. The van der Waals surface area contributed by atoms with Crippen LogP contribution in [0.5, 0.6) is 0 Å². The summed E-state index contributed by atoms with van der Waals surface area (Å²) in [6, 6.07) is 0.710. The molecule has 3 heteroatoms. The number of hydrogen-bond donors (Lipinski definition) is 1. The molecule has 1 heterocycles. The van der Waals surface area contributed by atoms with Crippen molar-refractivity contribution in [2.45, 2.75) is 59.1 Å². The number of nitrogens with zero attached hydrogens (tertiary/aromatic N) is 1. The van der Waals surface area contributed by atoms with E-state index in [-0.39, 0.29) is 6.10 Å². The van der Waals surface area contributed by atoms with E-state index in [1.165, 1.54) is 19.3 Å². The molecule has 106 valence electrons. The molecule has 2 N–H and O–H groups in total. The van der Waals surface area contributed by atoms with E-state index in [2.05, 4.69) is 32.6 Å². The normalized spacial score (nSPS) is 33.5. The number of nitrogens with two attached hydrogens (primary N) is 1. The minimum atomic E-state index is 0.243. The topological polar surface area (TPSA) is 38.5 Å². The van der Waals surface area contributed by atoms with Crippen molar-refractivity contribution in [1.82, 2.24) is 4.90 Å². The fourth-order valence-electron chi connectivity index (χ4n) is 4.26. The van der Waals surface area contributed by atoms with Gasteiger partial charge in [-0.1, -0.05) is 27.7 Å². The summed E-state index contributed by atoms with van der Waals surface area (Å²) in [7, 11) is 0. The molecule has 2 aliphatic rings. The first-order chi connectivity index (χ1) is 8.31. The molecule has 2 rings (SSSR count). The van der Waals surface area contributed by atoms with Crippen LogP contribution in [0.25, 0.3) is 0 Å². The summed E-state index contributed by atoms with van der Waals surface area (Å²) in [6.45, 7) is 13.3. The van der Waals surface area contributed by atoms with Crippen LogP contribution in [0.2, 0.25) is 0 Å². The van der Waals surface area contributed by atoms with Gasteiger partial charge in [0.1, 0.15) is 0 Å². The predicted octanol–water partition coefficient (Wildman–Crippen LogP) is 2.25. The van der Waals surface area contributed by atoms with E-state index >= 15 is 0 Å². The molecule has 1 saturated carbocycles. The van der Waals surface area contributed by atoms with Gasteiger partial charge in [0, 0.05) is 25.7 Å². The Morgan fingerprint density at radius 2 is 1.78 bits per heavy atom. The monoisotopic (exact) mass is 254 g/mol. The standard InChI is InChI=1S/C15H30N2O/c1-14(2)7-12(8-15(3,4)11-14)17-5-6-18-13(9-16)10-17/h12-13H,5-11,16H2,1-4H3. The molecular formula is C15H30N2O. The van der Waals surface area contributed by atoms with Crippen molar-refractivity contribution >= 4 is 0 Å².